The highest BCUT2D eigenvalue weighted by atomic mass is 16.3. The number of benzene rings is 1. The van der Waals surface area contributed by atoms with Crippen LogP contribution in [0.2, 0.25) is 0 Å². The van der Waals surface area contributed by atoms with Crippen molar-refractivity contribution >= 4 is 0 Å². The molecule has 1 heteroatoms. The molecule has 2 saturated carbocycles. The van der Waals surface area contributed by atoms with E-state index in [1.165, 1.54) is 56.1 Å². The summed E-state index contributed by atoms with van der Waals surface area (Å²) in [6, 6.07) is 9.25. The second kappa shape index (κ2) is 5.05. The van der Waals surface area contributed by atoms with E-state index in [0.717, 1.165) is 12.3 Å². The zero-order valence-electron chi connectivity index (χ0n) is 11.2. The largest absolute Gasteiger partial charge is 0.396 e. The highest BCUT2D eigenvalue weighted by Crippen LogP contribution is 2.47. The van der Waals surface area contributed by atoms with E-state index in [0.29, 0.717) is 6.61 Å². The molecule has 0 atom stereocenters. The first kappa shape index (κ1) is 12.2. The zero-order valence-corrected chi connectivity index (χ0v) is 11.2. The quantitative estimate of drug-likeness (QED) is 0.847. The van der Waals surface area contributed by atoms with Crippen molar-refractivity contribution in [3.63, 3.8) is 0 Å². The maximum atomic E-state index is 9.38. The Labute approximate surface area is 110 Å². The Balaban J connectivity index is 1.65. The summed E-state index contributed by atoms with van der Waals surface area (Å²) < 4.78 is 0. The number of hydrogen-bond donors (Lipinski definition) is 1. The molecule has 2 aliphatic rings. The minimum atomic E-state index is 0.242. The molecule has 0 amide bonds. The molecule has 0 saturated heterocycles. The van der Waals surface area contributed by atoms with Gasteiger partial charge in [-0.3, -0.25) is 0 Å². The fourth-order valence-electron chi connectivity index (χ4n) is 3.34. The Bertz CT molecular complexity index is 383. The molecule has 2 aliphatic carbocycles. The molecule has 0 bridgehead atoms. The van der Waals surface area contributed by atoms with Crippen LogP contribution in [-0.4, -0.2) is 11.7 Å². The molecular weight excluding hydrogens is 220 g/mol. The summed E-state index contributed by atoms with van der Waals surface area (Å²) in [5.41, 5.74) is 3.18. The van der Waals surface area contributed by atoms with E-state index in [2.05, 4.69) is 24.3 Å². The molecule has 98 valence electrons. The van der Waals surface area contributed by atoms with Crippen LogP contribution in [-0.2, 0) is 6.42 Å². The molecule has 1 aromatic rings. The van der Waals surface area contributed by atoms with Gasteiger partial charge < -0.3 is 5.11 Å². The second-order valence-corrected chi connectivity index (χ2v) is 6.41. The molecular formula is C17H24O. The smallest absolute Gasteiger partial charge is 0.0490 e. The third-order valence-electron chi connectivity index (χ3n) is 4.93. The molecule has 1 aromatic carbocycles. The maximum Gasteiger partial charge on any atom is 0.0490 e. The van der Waals surface area contributed by atoms with Gasteiger partial charge in [0.15, 0.2) is 0 Å². The standard InChI is InChI=1S/C17H24O/c18-13-17(10-11-17)12-14-6-8-16(9-7-14)15-4-2-1-3-5-15/h6-9,15,18H,1-5,10-13H2. The number of aliphatic hydroxyl groups excluding tert-OH is 1. The fourth-order valence-corrected chi connectivity index (χ4v) is 3.34. The molecule has 1 N–H and O–H groups in total. The van der Waals surface area contributed by atoms with Crippen LogP contribution in [0, 0.1) is 5.41 Å². The van der Waals surface area contributed by atoms with Crippen molar-refractivity contribution in [1.82, 2.24) is 0 Å². The molecule has 0 heterocycles. The van der Waals surface area contributed by atoms with Crippen molar-refractivity contribution < 1.29 is 5.11 Å². The van der Waals surface area contributed by atoms with Gasteiger partial charge >= 0.3 is 0 Å². The summed E-state index contributed by atoms with van der Waals surface area (Å²) >= 11 is 0. The van der Waals surface area contributed by atoms with E-state index in [1.807, 2.05) is 0 Å². The maximum absolute atomic E-state index is 9.38. The molecule has 0 spiro atoms. The molecule has 2 fully saturated rings. The molecule has 3 rings (SSSR count). The lowest BCUT2D eigenvalue weighted by Gasteiger charge is -2.22. The van der Waals surface area contributed by atoms with Gasteiger partial charge in [0.25, 0.3) is 0 Å². The lowest BCUT2D eigenvalue weighted by atomic mass is 9.83. The first-order valence-electron chi connectivity index (χ1n) is 7.51. The fraction of sp³-hybridized carbons (Fsp3) is 0.647. The van der Waals surface area contributed by atoms with E-state index < -0.39 is 0 Å². The van der Waals surface area contributed by atoms with Gasteiger partial charge in [0.05, 0.1) is 0 Å². The van der Waals surface area contributed by atoms with Gasteiger partial charge in [0.1, 0.15) is 0 Å². The van der Waals surface area contributed by atoms with Gasteiger partial charge in [-0.1, -0.05) is 43.5 Å². The van der Waals surface area contributed by atoms with Crippen molar-refractivity contribution in [2.45, 2.75) is 57.3 Å². The van der Waals surface area contributed by atoms with Crippen molar-refractivity contribution in [2.75, 3.05) is 6.61 Å². The van der Waals surface area contributed by atoms with Crippen LogP contribution in [0.25, 0.3) is 0 Å². The van der Waals surface area contributed by atoms with Crippen molar-refractivity contribution in [3.05, 3.63) is 35.4 Å². The Morgan fingerprint density at radius 2 is 1.67 bits per heavy atom. The topological polar surface area (TPSA) is 20.2 Å². The predicted octanol–water partition coefficient (Wildman–Crippen LogP) is 4.05. The number of aliphatic hydroxyl groups is 1. The molecule has 18 heavy (non-hydrogen) atoms. The number of hydrogen-bond acceptors (Lipinski definition) is 1. The third kappa shape index (κ3) is 2.61. The normalized spacial score (nSPS) is 22.9. The Morgan fingerprint density at radius 3 is 2.22 bits per heavy atom. The van der Waals surface area contributed by atoms with Crippen molar-refractivity contribution in [2.24, 2.45) is 5.41 Å². The molecule has 0 radical (unpaired) electrons. The van der Waals surface area contributed by atoms with Gasteiger partial charge in [0, 0.05) is 6.61 Å². The van der Waals surface area contributed by atoms with Crippen molar-refractivity contribution in [1.29, 1.82) is 0 Å². The minimum absolute atomic E-state index is 0.242. The molecule has 1 nitrogen and oxygen atoms in total. The molecule has 0 unspecified atom stereocenters. The van der Waals surface area contributed by atoms with E-state index in [9.17, 15) is 5.11 Å². The summed E-state index contributed by atoms with van der Waals surface area (Å²) in [5, 5.41) is 9.38. The minimum Gasteiger partial charge on any atom is -0.396 e. The van der Waals surface area contributed by atoms with Gasteiger partial charge in [-0.05, 0) is 54.6 Å². The lowest BCUT2D eigenvalue weighted by molar-refractivity contribution is 0.211. The Morgan fingerprint density at radius 1 is 1.00 bits per heavy atom. The van der Waals surface area contributed by atoms with Gasteiger partial charge in [-0.25, -0.2) is 0 Å². The van der Waals surface area contributed by atoms with E-state index in [4.69, 9.17) is 0 Å². The zero-order chi connectivity index (χ0) is 12.4. The van der Waals surface area contributed by atoms with Crippen LogP contribution in [0.15, 0.2) is 24.3 Å². The van der Waals surface area contributed by atoms with E-state index in [-0.39, 0.29) is 5.41 Å². The first-order valence-corrected chi connectivity index (χ1v) is 7.51. The highest BCUT2D eigenvalue weighted by molar-refractivity contribution is 5.27. The van der Waals surface area contributed by atoms with E-state index >= 15 is 0 Å². The second-order valence-electron chi connectivity index (χ2n) is 6.41. The lowest BCUT2D eigenvalue weighted by Crippen LogP contribution is -2.10. The average Bonchev–Trinajstić information content (AvgIpc) is 3.21. The summed E-state index contributed by atoms with van der Waals surface area (Å²) in [6.45, 7) is 0.359. The van der Waals surface area contributed by atoms with Crippen LogP contribution in [0.5, 0.6) is 0 Å². The monoisotopic (exact) mass is 244 g/mol. The van der Waals surface area contributed by atoms with Gasteiger partial charge in [0.2, 0.25) is 0 Å². The summed E-state index contributed by atoms with van der Waals surface area (Å²) in [4.78, 5) is 0. The van der Waals surface area contributed by atoms with Crippen LogP contribution in [0.4, 0.5) is 0 Å². The van der Waals surface area contributed by atoms with Crippen LogP contribution < -0.4 is 0 Å². The van der Waals surface area contributed by atoms with Crippen LogP contribution >= 0.6 is 0 Å². The van der Waals surface area contributed by atoms with Crippen LogP contribution in [0.1, 0.15) is 62.0 Å². The SMILES string of the molecule is OCC1(Cc2ccc(C3CCCCC3)cc2)CC1. The number of rotatable bonds is 4. The van der Waals surface area contributed by atoms with Crippen LogP contribution in [0.3, 0.4) is 0 Å². The van der Waals surface area contributed by atoms with Gasteiger partial charge in [-0.2, -0.15) is 0 Å². The Kier molecular flexibility index (Phi) is 3.43. The summed E-state index contributed by atoms with van der Waals surface area (Å²) in [6.07, 6.45) is 10.4. The van der Waals surface area contributed by atoms with E-state index in [1.54, 1.807) is 0 Å². The molecule has 0 aliphatic heterocycles. The Hall–Kier alpha value is -0.820. The first-order chi connectivity index (χ1) is 8.81. The summed E-state index contributed by atoms with van der Waals surface area (Å²) in [7, 11) is 0. The average molecular weight is 244 g/mol. The predicted molar refractivity (Wildman–Crippen MR) is 74.7 cm³/mol. The third-order valence-corrected chi connectivity index (χ3v) is 4.93. The highest BCUT2D eigenvalue weighted by Gasteiger charge is 2.41. The molecule has 0 aromatic heterocycles. The van der Waals surface area contributed by atoms with Gasteiger partial charge in [-0.15, -0.1) is 0 Å². The summed E-state index contributed by atoms with van der Waals surface area (Å²) in [5.74, 6) is 0.806. The van der Waals surface area contributed by atoms with Crippen molar-refractivity contribution in [3.8, 4) is 0 Å².